The first-order valence-corrected chi connectivity index (χ1v) is 9.55. The second-order valence-electron chi connectivity index (χ2n) is 6.18. The molecule has 0 radical (unpaired) electrons. The standard InChI is InChI=1S/C20H24Cl2N2O3/c21-16-11-15(12-17(22)20(16)23)18(25)13-24-9-4-10-27-19(26)8-7-14-5-2-1-3-6-14/h1-3,5-6,11-12,18,24-25H,4,7-10,13,23H2. The molecule has 5 nitrogen and oxygen atoms in total. The molecule has 0 bridgehead atoms. The molecule has 27 heavy (non-hydrogen) atoms. The molecular formula is C20H24Cl2N2O3. The number of aliphatic hydroxyl groups is 1. The Labute approximate surface area is 169 Å². The number of benzene rings is 2. The van der Waals surface area contributed by atoms with Gasteiger partial charge in [0.15, 0.2) is 0 Å². The summed E-state index contributed by atoms with van der Waals surface area (Å²) in [6, 6.07) is 13.0. The van der Waals surface area contributed by atoms with Gasteiger partial charge in [-0.25, -0.2) is 0 Å². The van der Waals surface area contributed by atoms with E-state index in [9.17, 15) is 9.90 Å². The molecule has 0 heterocycles. The fourth-order valence-corrected chi connectivity index (χ4v) is 3.00. The van der Waals surface area contributed by atoms with Gasteiger partial charge in [-0.2, -0.15) is 0 Å². The third kappa shape index (κ3) is 7.39. The number of nitrogens with two attached hydrogens (primary N) is 1. The maximum atomic E-state index is 11.7. The highest BCUT2D eigenvalue weighted by atomic mass is 35.5. The van der Waals surface area contributed by atoms with Crippen LogP contribution in [0, 0.1) is 0 Å². The Morgan fingerprint density at radius 2 is 1.85 bits per heavy atom. The summed E-state index contributed by atoms with van der Waals surface area (Å²) in [5, 5.41) is 13.9. The smallest absolute Gasteiger partial charge is 0.306 e. The summed E-state index contributed by atoms with van der Waals surface area (Å²) in [6.07, 6.45) is 0.951. The van der Waals surface area contributed by atoms with Crippen LogP contribution < -0.4 is 11.1 Å². The van der Waals surface area contributed by atoms with E-state index in [0.29, 0.717) is 60.3 Å². The lowest BCUT2D eigenvalue weighted by Gasteiger charge is -2.14. The van der Waals surface area contributed by atoms with Crippen molar-refractivity contribution in [1.82, 2.24) is 5.32 Å². The molecule has 0 aromatic heterocycles. The number of hydrogen-bond acceptors (Lipinski definition) is 5. The van der Waals surface area contributed by atoms with Crippen LogP contribution in [0.2, 0.25) is 10.0 Å². The van der Waals surface area contributed by atoms with Crippen LogP contribution in [0.25, 0.3) is 0 Å². The first-order valence-electron chi connectivity index (χ1n) is 8.80. The van der Waals surface area contributed by atoms with E-state index in [1.807, 2.05) is 30.3 Å². The van der Waals surface area contributed by atoms with Crippen molar-refractivity contribution in [3.63, 3.8) is 0 Å². The number of anilines is 1. The molecular weight excluding hydrogens is 387 g/mol. The zero-order valence-corrected chi connectivity index (χ0v) is 16.5. The quantitative estimate of drug-likeness (QED) is 0.315. The van der Waals surface area contributed by atoms with Gasteiger partial charge in [0.05, 0.1) is 28.4 Å². The minimum Gasteiger partial charge on any atom is -0.466 e. The van der Waals surface area contributed by atoms with Gasteiger partial charge in [-0.1, -0.05) is 53.5 Å². The van der Waals surface area contributed by atoms with Gasteiger partial charge in [-0.05, 0) is 42.6 Å². The third-order valence-electron chi connectivity index (χ3n) is 4.05. The molecule has 0 amide bonds. The zero-order valence-electron chi connectivity index (χ0n) is 15.0. The SMILES string of the molecule is Nc1c(Cl)cc(C(O)CNCCCOC(=O)CCc2ccccc2)cc1Cl. The number of nitrogens with one attached hydrogen (secondary N) is 1. The summed E-state index contributed by atoms with van der Waals surface area (Å²) in [5.41, 5.74) is 7.70. The predicted octanol–water partition coefficient (Wildman–Crippen LogP) is 3.76. The molecule has 0 aliphatic carbocycles. The Morgan fingerprint density at radius 3 is 2.52 bits per heavy atom. The van der Waals surface area contributed by atoms with Gasteiger partial charge in [0, 0.05) is 13.0 Å². The first-order chi connectivity index (χ1) is 13.0. The zero-order chi connectivity index (χ0) is 19.6. The molecule has 1 atom stereocenters. The maximum Gasteiger partial charge on any atom is 0.306 e. The van der Waals surface area contributed by atoms with Crippen molar-refractivity contribution in [2.45, 2.75) is 25.4 Å². The van der Waals surface area contributed by atoms with E-state index in [2.05, 4.69) is 5.32 Å². The van der Waals surface area contributed by atoms with Crippen LogP contribution in [0.3, 0.4) is 0 Å². The molecule has 0 aliphatic rings. The highest BCUT2D eigenvalue weighted by Crippen LogP contribution is 2.31. The number of carbonyl (C=O) groups is 1. The van der Waals surface area contributed by atoms with Gasteiger partial charge in [-0.15, -0.1) is 0 Å². The molecule has 2 rings (SSSR count). The van der Waals surface area contributed by atoms with E-state index in [1.54, 1.807) is 12.1 Å². The average molecular weight is 411 g/mol. The molecule has 7 heteroatoms. The van der Waals surface area contributed by atoms with Crippen LogP contribution in [0.1, 0.15) is 30.1 Å². The van der Waals surface area contributed by atoms with Gasteiger partial charge in [-0.3, -0.25) is 4.79 Å². The molecule has 4 N–H and O–H groups in total. The number of esters is 1. The Hall–Kier alpha value is -1.79. The van der Waals surface area contributed by atoms with Crippen LogP contribution >= 0.6 is 23.2 Å². The number of aliphatic hydroxyl groups excluding tert-OH is 1. The number of rotatable bonds is 10. The van der Waals surface area contributed by atoms with Gasteiger partial charge in [0.1, 0.15) is 0 Å². The maximum absolute atomic E-state index is 11.7. The number of hydrogen-bond donors (Lipinski definition) is 3. The van der Waals surface area contributed by atoms with Crippen LogP contribution in [0.15, 0.2) is 42.5 Å². The Morgan fingerprint density at radius 1 is 1.19 bits per heavy atom. The van der Waals surface area contributed by atoms with Gasteiger partial charge < -0.3 is 20.9 Å². The molecule has 146 valence electrons. The summed E-state index contributed by atoms with van der Waals surface area (Å²) in [4.78, 5) is 11.7. The Bertz CT molecular complexity index is 718. The molecule has 0 fully saturated rings. The molecule has 2 aromatic rings. The third-order valence-corrected chi connectivity index (χ3v) is 4.67. The summed E-state index contributed by atoms with van der Waals surface area (Å²) in [6.45, 7) is 1.29. The van der Waals surface area contributed by atoms with Crippen LogP contribution in [0.4, 0.5) is 5.69 Å². The van der Waals surface area contributed by atoms with E-state index in [-0.39, 0.29) is 5.97 Å². The van der Waals surface area contributed by atoms with Crippen molar-refractivity contribution in [3.05, 3.63) is 63.6 Å². The minimum atomic E-state index is -0.756. The molecule has 0 spiro atoms. The highest BCUT2D eigenvalue weighted by molar-refractivity contribution is 6.38. The van der Waals surface area contributed by atoms with Crippen molar-refractivity contribution in [1.29, 1.82) is 0 Å². The molecule has 1 unspecified atom stereocenters. The van der Waals surface area contributed by atoms with Crippen LogP contribution in [-0.4, -0.2) is 30.8 Å². The lowest BCUT2D eigenvalue weighted by atomic mass is 10.1. The van der Waals surface area contributed by atoms with Crippen molar-refractivity contribution >= 4 is 34.9 Å². The second-order valence-corrected chi connectivity index (χ2v) is 6.99. The normalized spacial score (nSPS) is 12.0. The number of aryl methyl sites for hydroxylation is 1. The number of halogens is 2. The fraction of sp³-hybridized carbons (Fsp3) is 0.350. The van der Waals surface area contributed by atoms with Crippen molar-refractivity contribution in [2.24, 2.45) is 0 Å². The average Bonchev–Trinajstić information content (AvgIpc) is 2.67. The lowest BCUT2D eigenvalue weighted by Crippen LogP contribution is -2.23. The molecule has 2 aromatic carbocycles. The van der Waals surface area contributed by atoms with E-state index < -0.39 is 6.10 Å². The van der Waals surface area contributed by atoms with E-state index in [4.69, 9.17) is 33.7 Å². The largest absolute Gasteiger partial charge is 0.466 e. The summed E-state index contributed by atoms with van der Waals surface area (Å²) in [5.74, 6) is -0.204. The van der Waals surface area contributed by atoms with Crippen molar-refractivity contribution in [3.8, 4) is 0 Å². The Balaban J connectivity index is 1.58. The van der Waals surface area contributed by atoms with Crippen LogP contribution in [0.5, 0.6) is 0 Å². The van der Waals surface area contributed by atoms with Gasteiger partial charge >= 0.3 is 5.97 Å². The van der Waals surface area contributed by atoms with Crippen molar-refractivity contribution in [2.75, 3.05) is 25.4 Å². The lowest BCUT2D eigenvalue weighted by molar-refractivity contribution is -0.143. The van der Waals surface area contributed by atoms with E-state index in [1.165, 1.54) is 0 Å². The predicted molar refractivity (Wildman–Crippen MR) is 109 cm³/mol. The summed E-state index contributed by atoms with van der Waals surface area (Å²) < 4.78 is 5.21. The monoisotopic (exact) mass is 410 g/mol. The summed E-state index contributed by atoms with van der Waals surface area (Å²) in [7, 11) is 0. The minimum absolute atomic E-state index is 0.204. The van der Waals surface area contributed by atoms with Crippen molar-refractivity contribution < 1.29 is 14.6 Å². The summed E-state index contributed by atoms with van der Waals surface area (Å²) >= 11 is 11.9. The van der Waals surface area contributed by atoms with Crippen LogP contribution in [-0.2, 0) is 16.0 Å². The molecule has 0 saturated carbocycles. The van der Waals surface area contributed by atoms with Gasteiger partial charge in [0.2, 0.25) is 0 Å². The van der Waals surface area contributed by atoms with E-state index in [0.717, 1.165) is 5.56 Å². The first kappa shape index (κ1) is 21.5. The number of ether oxygens (including phenoxy) is 1. The van der Waals surface area contributed by atoms with Gasteiger partial charge in [0.25, 0.3) is 0 Å². The second kappa shape index (κ2) is 11.1. The Kier molecular flexibility index (Phi) is 8.88. The number of carbonyl (C=O) groups excluding carboxylic acids is 1. The fourth-order valence-electron chi connectivity index (χ4n) is 2.50. The van der Waals surface area contributed by atoms with E-state index >= 15 is 0 Å². The highest BCUT2D eigenvalue weighted by Gasteiger charge is 2.12. The topological polar surface area (TPSA) is 84.6 Å². The molecule has 0 saturated heterocycles. The molecule has 0 aliphatic heterocycles. The number of nitrogen functional groups attached to an aromatic ring is 1.